The summed E-state index contributed by atoms with van der Waals surface area (Å²) in [6, 6.07) is 9.21. The van der Waals surface area contributed by atoms with Crippen LogP contribution in [0, 0.1) is 5.82 Å². The number of carbonyl (C=O) groups excluding carboxylic acids is 1. The number of hydrogen-bond donors (Lipinski definition) is 2. The molecular formula is C14H12ClFN2O3S. The molecule has 2 N–H and O–H groups in total. The van der Waals surface area contributed by atoms with Gasteiger partial charge in [-0.1, -0.05) is 17.7 Å². The summed E-state index contributed by atoms with van der Waals surface area (Å²) in [6.45, 7) is 0. The molecule has 0 heterocycles. The second-order valence-corrected chi connectivity index (χ2v) is 6.58. The standard InChI is InChI=1S/C14H12ClFN2O3S/c1-17-22(20,21)13-7-9(5-6-12(13)15)14(19)18-11-4-2-3-10(16)8-11/h2-8,17H,1H3,(H,18,19). The third kappa shape index (κ3) is 3.62. The van der Waals surface area contributed by atoms with Gasteiger partial charge in [0.15, 0.2) is 0 Å². The highest BCUT2D eigenvalue weighted by Crippen LogP contribution is 2.23. The van der Waals surface area contributed by atoms with E-state index in [1.165, 1.54) is 37.4 Å². The topological polar surface area (TPSA) is 75.3 Å². The molecule has 116 valence electrons. The quantitative estimate of drug-likeness (QED) is 0.897. The second-order valence-electron chi connectivity index (χ2n) is 4.32. The summed E-state index contributed by atoms with van der Waals surface area (Å²) in [6.07, 6.45) is 0. The van der Waals surface area contributed by atoms with Gasteiger partial charge in [0.25, 0.3) is 5.91 Å². The van der Waals surface area contributed by atoms with Gasteiger partial charge >= 0.3 is 0 Å². The number of rotatable bonds is 4. The van der Waals surface area contributed by atoms with Crippen LogP contribution in [-0.2, 0) is 10.0 Å². The van der Waals surface area contributed by atoms with Crippen molar-refractivity contribution < 1.29 is 17.6 Å². The van der Waals surface area contributed by atoms with Crippen molar-refractivity contribution in [2.75, 3.05) is 12.4 Å². The van der Waals surface area contributed by atoms with E-state index in [0.29, 0.717) is 0 Å². The number of nitrogens with one attached hydrogen (secondary N) is 2. The van der Waals surface area contributed by atoms with Crippen LogP contribution in [0.1, 0.15) is 10.4 Å². The van der Waals surface area contributed by atoms with Crippen LogP contribution >= 0.6 is 11.6 Å². The molecule has 0 aliphatic heterocycles. The highest BCUT2D eigenvalue weighted by atomic mass is 35.5. The molecule has 0 aliphatic rings. The summed E-state index contributed by atoms with van der Waals surface area (Å²) in [4.78, 5) is 11.9. The molecule has 0 atom stereocenters. The molecule has 1 amide bonds. The maximum absolute atomic E-state index is 13.1. The number of amides is 1. The predicted molar refractivity (Wildman–Crippen MR) is 82.1 cm³/mol. The molecular weight excluding hydrogens is 331 g/mol. The normalized spacial score (nSPS) is 11.2. The molecule has 2 aromatic rings. The maximum Gasteiger partial charge on any atom is 0.255 e. The average Bonchev–Trinajstić information content (AvgIpc) is 2.47. The zero-order chi connectivity index (χ0) is 16.3. The summed E-state index contributed by atoms with van der Waals surface area (Å²) >= 11 is 5.84. The van der Waals surface area contributed by atoms with E-state index in [-0.39, 0.29) is 21.2 Å². The monoisotopic (exact) mass is 342 g/mol. The fourth-order valence-corrected chi connectivity index (χ4v) is 2.98. The summed E-state index contributed by atoms with van der Waals surface area (Å²) < 4.78 is 38.9. The molecule has 0 aliphatic carbocycles. The summed E-state index contributed by atoms with van der Waals surface area (Å²) in [5.41, 5.74) is 0.348. The van der Waals surface area contributed by atoms with Crippen molar-refractivity contribution >= 4 is 33.2 Å². The molecule has 0 saturated carbocycles. The van der Waals surface area contributed by atoms with Crippen molar-refractivity contribution in [3.63, 3.8) is 0 Å². The molecule has 8 heteroatoms. The zero-order valence-corrected chi connectivity index (χ0v) is 13.0. The van der Waals surface area contributed by atoms with Gasteiger partial charge in [-0.2, -0.15) is 0 Å². The molecule has 22 heavy (non-hydrogen) atoms. The van der Waals surface area contributed by atoms with E-state index in [4.69, 9.17) is 11.6 Å². The van der Waals surface area contributed by atoms with Crippen molar-refractivity contribution in [2.24, 2.45) is 0 Å². The van der Waals surface area contributed by atoms with E-state index in [9.17, 15) is 17.6 Å². The third-order valence-corrected chi connectivity index (χ3v) is 4.73. The number of benzene rings is 2. The van der Waals surface area contributed by atoms with E-state index in [0.717, 1.165) is 12.1 Å². The van der Waals surface area contributed by atoms with Crippen LogP contribution in [0.15, 0.2) is 47.4 Å². The minimum absolute atomic E-state index is 0.00310. The van der Waals surface area contributed by atoms with Gasteiger partial charge in [0, 0.05) is 11.3 Å². The lowest BCUT2D eigenvalue weighted by Crippen LogP contribution is -2.20. The summed E-state index contributed by atoms with van der Waals surface area (Å²) in [5.74, 6) is -1.07. The highest BCUT2D eigenvalue weighted by molar-refractivity contribution is 7.89. The number of carbonyl (C=O) groups is 1. The van der Waals surface area contributed by atoms with Crippen LogP contribution in [0.3, 0.4) is 0 Å². The molecule has 0 spiro atoms. The Morgan fingerprint density at radius 2 is 1.91 bits per heavy atom. The lowest BCUT2D eigenvalue weighted by molar-refractivity contribution is 0.102. The van der Waals surface area contributed by atoms with Crippen LogP contribution in [0.25, 0.3) is 0 Å². The number of anilines is 1. The Morgan fingerprint density at radius 1 is 1.18 bits per heavy atom. The molecule has 0 bridgehead atoms. The SMILES string of the molecule is CNS(=O)(=O)c1cc(C(=O)Nc2cccc(F)c2)ccc1Cl. The Hall–Kier alpha value is -1.96. The first kappa shape index (κ1) is 16.4. The first-order chi connectivity index (χ1) is 10.3. The highest BCUT2D eigenvalue weighted by Gasteiger charge is 2.18. The Balaban J connectivity index is 2.33. The largest absolute Gasteiger partial charge is 0.322 e. The molecule has 0 saturated heterocycles. The van der Waals surface area contributed by atoms with E-state index >= 15 is 0 Å². The Bertz CT molecular complexity index is 825. The molecule has 2 rings (SSSR count). The van der Waals surface area contributed by atoms with Crippen molar-refractivity contribution in [3.8, 4) is 0 Å². The van der Waals surface area contributed by atoms with Gasteiger partial charge in [0.2, 0.25) is 10.0 Å². The van der Waals surface area contributed by atoms with Crippen molar-refractivity contribution in [3.05, 3.63) is 58.9 Å². The molecule has 0 fully saturated rings. The van der Waals surface area contributed by atoms with Gasteiger partial charge in [0.05, 0.1) is 5.02 Å². The van der Waals surface area contributed by atoms with Gasteiger partial charge in [-0.05, 0) is 43.4 Å². The van der Waals surface area contributed by atoms with Gasteiger partial charge in [-0.15, -0.1) is 0 Å². The Labute approximate surface area is 132 Å². The Morgan fingerprint density at radius 3 is 2.55 bits per heavy atom. The average molecular weight is 343 g/mol. The van der Waals surface area contributed by atoms with Crippen LogP contribution in [0.4, 0.5) is 10.1 Å². The van der Waals surface area contributed by atoms with Crippen LogP contribution < -0.4 is 10.0 Å². The zero-order valence-electron chi connectivity index (χ0n) is 11.4. The molecule has 5 nitrogen and oxygen atoms in total. The van der Waals surface area contributed by atoms with E-state index in [1.54, 1.807) is 0 Å². The number of sulfonamides is 1. The first-order valence-electron chi connectivity index (χ1n) is 6.13. The van der Waals surface area contributed by atoms with Crippen molar-refractivity contribution in [1.82, 2.24) is 4.72 Å². The van der Waals surface area contributed by atoms with Gasteiger partial charge in [-0.25, -0.2) is 17.5 Å². The van der Waals surface area contributed by atoms with E-state index in [2.05, 4.69) is 10.0 Å². The minimum Gasteiger partial charge on any atom is -0.322 e. The third-order valence-electron chi connectivity index (χ3n) is 2.83. The minimum atomic E-state index is -3.79. The lowest BCUT2D eigenvalue weighted by Gasteiger charge is -2.09. The van der Waals surface area contributed by atoms with Gasteiger partial charge in [-0.3, -0.25) is 4.79 Å². The maximum atomic E-state index is 13.1. The van der Waals surface area contributed by atoms with Crippen LogP contribution in [0.5, 0.6) is 0 Å². The lowest BCUT2D eigenvalue weighted by atomic mass is 10.2. The summed E-state index contributed by atoms with van der Waals surface area (Å²) in [5, 5.41) is 2.47. The number of hydrogen-bond acceptors (Lipinski definition) is 3. The van der Waals surface area contributed by atoms with Gasteiger partial charge in [0.1, 0.15) is 10.7 Å². The van der Waals surface area contributed by atoms with Crippen LogP contribution in [0.2, 0.25) is 5.02 Å². The smallest absolute Gasteiger partial charge is 0.255 e. The molecule has 0 radical (unpaired) electrons. The first-order valence-corrected chi connectivity index (χ1v) is 7.99. The predicted octanol–water partition coefficient (Wildman–Crippen LogP) is 2.64. The fourth-order valence-electron chi connectivity index (χ4n) is 1.73. The molecule has 2 aromatic carbocycles. The van der Waals surface area contributed by atoms with Crippen molar-refractivity contribution in [1.29, 1.82) is 0 Å². The van der Waals surface area contributed by atoms with Crippen LogP contribution in [-0.4, -0.2) is 21.4 Å². The van der Waals surface area contributed by atoms with E-state index in [1.807, 2.05) is 0 Å². The molecule has 0 unspecified atom stereocenters. The molecule has 0 aromatic heterocycles. The Kier molecular flexibility index (Phi) is 4.80. The van der Waals surface area contributed by atoms with E-state index < -0.39 is 21.7 Å². The van der Waals surface area contributed by atoms with Gasteiger partial charge < -0.3 is 5.32 Å². The van der Waals surface area contributed by atoms with Crippen molar-refractivity contribution in [2.45, 2.75) is 4.90 Å². The second kappa shape index (κ2) is 6.43. The summed E-state index contributed by atoms with van der Waals surface area (Å²) in [7, 11) is -2.55. The number of halogens is 2. The fraction of sp³-hybridized carbons (Fsp3) is 0.0714.